The number of aryl methyl sites for hydroxylation is 2. The van der Waals surface area contributed by atoms with Crippen molar-refractivity contribution in [2.24, 2.45) is 0 Å². The van der Waals surface area contributed by atoms with Gasteiger partial charge in [-0.1, -0.05) is 29.8 Å². The Morgan fingerprint density at radius 2 is 1.91 bits per heavy atom. The summed E-state index contributed by atoms with van der Waals surface area (Å²) in [5.74, 6) is 1.15. The van der Waals surface area contributed by atoms with Crippen LogP contribution in [0.5, 0.6) is 5.75 Å². The second-order valence-electron chi connectivity index (χ2n) is 8.20. The lowest BCUT2D eigenvalue weighted by atomic mass is 10.1. The fraction of sp³-hybridized carbons (Fsp3) is 0.296. The average Bonchev–Trinajstić information content (AvgIpc) is 3.18. The quantitative estimate of drug-likeness (QED) is 0.280. The van der Waals surface area contributed by atoms with Crippen LogP contribution < -0.4 is 4.74 Å². The van der Waals surface area contributed by atoms with Crippen molar-refractivity contribution in [1.82, 2.24) is 14.5 Å². The number of nitrogens with zero attached hydrogens (tertiary/aromatic N) is 3. The third-order valence-corrected chi connectivity index (χ3v) is 6.11. The van der Waals surface area contributed by atoms with Crippen molar-refractivity contribution in [3.63, 3.8) is 0 Å². The van der Waals surface area contributed by atoms with Gasteiger partial charge in [0.05, 0.1) is 47.6 Å². The number of esters is 1. The second kappa shape index (κ2) is 10.9. The van der Waals surface area contributed by atoms with Crippen LogP contribution in [0.1, 0.15) is 45.5 Å². The molecule has 35 heavy (non-hydrogen) atoms. The standard InChI is InChI=1S/C27H28ClN3O4/c1-5-34-15-19-11-23(28)24(29-13-19)14-31-18(3)30-26-17(2)10-21(12-25(26)31)35-16-20-8-6-7-9-22(20)27(32)33-4/h6-13H,5,14-16H2,1-4H3. The van der Waals surface area contributed by atoms with Gasteiger partial charge >= 0.3 is 5.97 Å². The van der Waals surface area contributed by atoms with E-state index in [0.717, 1.165) is 39.2 Å². The number of carbonyl (C=O) groups is 1. The number of methoxy groups -OCH3 is 1. The monoisotopic (exact) mass is 493 g/mol. The molecule has 0 aliphatic carbocycles. The zero-order chi connectivity index (χ0) is 24.9. The van der Waals surface area contributed by atoms with Gasteiger partial charge in [0, 0.05) is 24.4 Å². The van der Waals surface area contributed by atoms with Crippen LogP contribution in [-0.2, 0) is 29.2 Å². The molecule has 0 spiro atoms. The molecule has 0 N–H and O–H groups in total. The molecule has 182 valence electrons. The van der Waals surface area contributed by atoms with Crippen LogP contribution >= 0.6 is 11.6 Å². The van der Waals surface area contributed by atoms with Gasteiger partial charge in [0.1, 0.15) is 18.2 Å². The zero-order valence-electron chi connectivity index (χ0n) is 20.3. The number of imidazole rings is 1. The predicted octanol–water partition coefficient (Wildman–Crippen LogP) is 5.65. The lowest BCUT2D eigenvalue weighted by molar-refractivity contribution is 0.0597. The molecule has 0 aliphatic rings. The molecule has 0 saturated heterocycles. The summed E-state index contributed by atoms with van der Waals surface area (Å²) in [5, 5.41) is 0.590. The Morgan fingerprint density at radius 3 is 2.66 bits per heavy atom. The van der Waals surface area contributed by atoms with Gasteiger partial charge in [0.25, 0.3) is 0 Å². The van der Waals surface area contributed by atoms with Gasteiger partial charge in [-0.05, 0) is 50.1 Å². The second-order valence-corrected chi connectivity index (χ2v) is 8.61. The Balaban J connectivity index is 1.61. The fourth-order valence-corrected chi connectivity index (χ4v) is 4.19. The first-order valence-corrected chi connectivity index (χ1v) is 11.8. The molecule has 4 rings (SSSR count). The number of hydrogen-bond donors (Lipinski definition) is 0. The molecule has 0 fully saturated rings. The highest BCUT2D eigenvalue weighted by molar-refractivity contribution is 6.31. The summed E-state index contributed by atoms with van der Waals surface area (Å²) >= 11 is 6.55. The largest absolute Gasteiger partial charge is 0.489 e. The van der Waals surface area contributed by atoms with Crippen molar-refractivity contribution in [2.45, 2.75) is 40.5 Å². The maximum atomic E-state index is 12.1. The number of halogens is 1. The van der Waals surface area contributed by atoms with Crippen molar-refractivity contribution in [3.05, 3.63) is 87.5 Å². The number of hydrogen-bond acceptors (Lipinski definition) is 6. The van der Waals surface area contributed by atoms with E-state index >= 15 is 0 Å². The van der Waals surface area contributed by atoms with E-state index in [1.807, 2.05) is 51.1 Å². The third kappa shape index (κ3) is 5.47. The summed E-state index contributed by atoms with van der Waals surface area (Å²) < 4.78 is 18.5. The lowest BCUT2D eigenvalue weighted by Gasteiger charge is -2.12. The highest BCUT2D eigenvalue weighted by Gasteiger charge is 2.16. The van der Waals surface area contributed by atoms with Gasteiger partial charge in [-0.3, -0.25) is 4.98 Å². The summed E-state index contributed by atoms with van der Waals surface area (Å²) in [6.07, 6.45) is 1.80. The third-order valence-electron chi connectivity index (χ3n) is 5.78. The van der Waals surface area contributed by atoms with Gasteiger partial charge in [-0.25, -0.2) is 9.78 Å². The molecule has 0 saturated carbocycles. The molecule has 0 radical (unpaired) electrons. The summed E-state index contributed by atoms with van der Waals surface area (Å²) in [6.45, 7) is 7.75. The van der Waals surface area contributed by atoms with E-state index in [0.29, 0.717) is 36.1 Å². The molecular formula is C27H28ClN3O4. The normalized spacial score (nSPS) is 11.1. The first kappa shape index (κ1) is 24.7. The summed E-state index contributed by atoms with van der Waals surface area (Å²) in [5.41, 5.74) is 5.75. The first-order valence-electron chi connectivity index (χ1n) is 11.4. The molecule has 2 heterocycles. The molecule has 0 atom stereocenters. The van der Waals surface area contributed by atoms with E-state index in [4.69, 9.17) is 30.8 Å². The van der Waals surface area contributed by atoms with Gasteiger partial charge in [0.2, 0.25) is 0 Å². The zero-order valence-corrected chi connectivity index (χ0v) is 21.1. The number of aromatic nitrogens is 3. The number of carbonyl (C=O) groups excluding carboxylic acids is 1. The maximum absolute atomic E-state index is 12.1. The van der Waals surface area contributed by atoms with E-state index in [-0.39, 0.29) is 12.6 Å². The van der Waals surface area contributed by atoms with E-state index < -0.39 is 0 Å². The van der Waals surface area contributed by atoms with Crippen molar-refractivity contribution in [2.75, 3.05) is 13.7 Å². The van der Waals surface area contributed by atoms with Gasteiger partial charge < -0.3 is 18.8 Å². The lowest BCUT2D eigenvalue weighted by Crippen LogP contribution is -2.08. The van der Waals surface area contributed by atoms with E-state index in [2.05, 4.69) is 9.55 Å². The van der Waals surface area contributed by atoms with Crippen molar-refractivity contribution >= 4 is 28.6 Å². The SMILES string of the molecule is CCOCc1cnc(Cn2c(C)nc3c(C)cc(OCc4ccccc4C(=O)OC)cc32)c(Cl)c1. The molecule has 0 aliphatic heterocycles. The number of pyridine rings is 1. The highest BCUT2D eigenvalue weighted by atomic mass is 35.5. The molecule has 0 amide bonds. The van der Waals surface area contributed by atoms with Crippen molar-refractivity contribution in [3.8, 4) is 5.75 Å². The van der Waals surface area contributed by atoms with Gasteiger partial charge in [-0.2, -0.15) is 0 Å². The fourth-order valence-electron chi connectivity index (χ4n) is 3.95. The molecule has 4 aromatic rings. The van der Waals surface area contributed by atoms with Crippen LogP contribution in [-0.4, -0.2) is 34.2 Å². The van der Waals surface area contributed by atoms with Gasteiger partial charge in [-0.15, -0.1) is 0 Å². The van der Waals surface area contributed by atoms with Gasteiger partial charge in [0.15, 0.2) is 0 Å². The predicted molar refractivity (Wildman–Crippen MR) is 135 cm³/mol. The molecule has 0 unspecified atom stereocenters. The van der Waals surface area contributed by atoms with Crippen LogP contribution in [0.15, 0.2) is 48.7 Å². The molecule has 7 nitrogen and oxygen atoms in total. The Bertz CT molecular complexity index is 1370. The van der Waals surface area contributed by atoms with Crippen LogP contribution in [0.2, 0.25) is 5.02 Å². The van der Waals surface area contributed by atoms with E-state index in [9.17, 15) is 4.79 Å². The smallest absolute Gasteiger partial charge is 0.338 e. The van der Waals surface area contributed by atoms with E-state index in [1.165, 1.54) is 7.11 Å². The minimum absolute atomic E-state index is 0.234. The van der Waals surface area contributed by atoms with Crippen molar-refractivity contribution < 1.29 is 19.0 Å². The van der Waals surface area contributed by atoms with E-state index in [1.54, 1.807) is 18.3 Å². The van der Waals surface area contributed by atoms with Crippen molar-refractivity contribution in [1.29, 1.82) is 0 Å². The first-order chi connectivity index (χ1) is 16.9. The number of rotatable bonds is 9. The minimum atomic E-state index is -0.388. The maximum Gasteiger partial charge on any atom is 0.338 e. The topological polar surface area (TPSA) is 75.5 Å². The Hall–Kier alpha value is -3.42. The number of fused-ring (bicyclic) bond motifs is 1. The molecule has 2 aromatic heterocycles. The summed E-state index contributed by atoms with van der Waals surface area (Å²) in [4.78, 5) is 21.4. The Morgan fingerprint density at radius 1 is 1.11 bits per heavy atom. The molecule has 2 aromatic carbocycles. The molecule has 8 heteroatoms. The Kier molecular flexibility index (Phi) is 7.68. The number of ether oxygens (including phenoxy) is 3. The number of benzene rings is 2. The molecule has 0 bridgehead atoms. The van der Waals surface area contributed by atoms with Crippen LogP contribution in [0.4, 0.5) is 0 Å². The van der Waals surface area contributed by atoms with Crippen LogP contribution in [0.25, 0.3) is 11.0 Å². The highest BCUT2D eigenvalue weighted by Crippen LogP contribution is 2.28. The summed E-state index contributed by atoms with van der Waals surface area (Å²) in [6, 6.07) is 13.1. The summed E-state index contributed by atoms with van der Waals surface area (Å²) in [7, 11) is 1.37. The van der Waals surface area contributed by atoms with Crippen LogP contribution in [0.3, 0.4) is 0 Å². The minimum Gasteiger partial charge on any atom is -0.489 e. The average molecular weight is 494 g/mol. The molecular weight excluding hydrogens is 466 g/mol. The van der Waals surface area contributed by atoms with Crippen LogP contribution in [0, 0.1) is 13.8 Å². The Labute approximate surface area is 209 Å².